The number of amides is 1. The summed E-state index contributed by atoms with van der Waals surface area (Å²) in [4.78, 5) is 18.7. The first-order valence-corrected chi connectivity index (χ1v) is 8.94. The molecule has 1 amide bonds. The molecular formula is C19H26N4O2. The number of aromatic nitrogens is 1. The number of carbonyl (C=O) groups is 1. The van der Waals surface area contributed by atoms with Gasteiger partial charge >= 0.3 is 0 Å². The Morgan fingerprint density at radius 1 is 1.32 bits per heavy atom. The minimum absolute atomic E-state index is 0.0348. The van der Waals surface area contributed by atoms with Gasteiger partial charge < -0.3 is 15.1 Å². The molecule has 1 saturated heterocycles. The summed E-state index contributed by atoms with van der Waals surface area (Å²) in [6.07, 6.45) is 5.53. The predicted octanol–water partition coefficient (Wildman–Crippen LogP) is 1.72. The molecule has 0 unspecified atom stereocenters. The number of nitrogens with zero attached hydrogens (tertiary/aromatic N) is 2. The molecule has 0 aliphatic carbocycles. The third-order valence-corrected chi connectivity index (χ3v) is 4.39. The summed E-state index contributed by atoms with van der Waals surface area (Å²) in [6, 6.07) is 7.73. The summed E-state index contributed by atoms with van der Waals surface area (Å²) in [6.45, 7) is 5.82. The molecule has 0 aromatic carbocycles. The van der Waals surface area contributed by atoms with Crippen molar-refractivity contribution in [2.24, 2.45) is 0 Å². The zero-order valence-electron chi connectivity index (χ0n) is 14.7. The summed E-state index contributed by atoms with van der Waals surface area (Å²) in [5.41, 5.74) is 1.05. The van der Waals surface area contributed by atoms with E-state index in [2.05, 4.69) is 33.5 Å². The van der Waals surface area contributed by atoms with Crippen molar-refractivity contribution in [2.45, 2.75) is 38.9 Å². The van der Waals surface area contributed by atoms with Crippen molar-refractivity contribution in [3.63, 3.8) is 0 Å². The van der Waals surface area contributed by atoms with E-state index in [1.807, 2.05) is 18.2 Å². The lowest BCUT2D eigenvalue weighted by Crippen LogP contribution is -2.56. The molecule has 134 valence electrons. The highest BCUT2D eigenvalue weighted by molar-refractivity contribution is 5.82. The van der Waals surface area contributed by atoms with Crippen LogP contribution in [-0.4, -0.2) is 41.5 Å². The number of hydrogen-bond donors (Lipinski definition) is 2. The van der Waals surface area contributed by atoms with Crippen LogP contribution < -0.4 is 10.6 Å². The molecule has 25 heavy (non-hydrogen) atoms. The van der Waals surface area contributed by atoms with Crippen LogP contribution in [0, 0.1) is 0 Å². The van der Waals surface area contributed by atoms with Gasteiger partial charge in [0.2, 0.25) is 5.91 Å². The number of nitrogens with one attached hydrogen (secondary N) is 2. The van der Waals surface area contributed by atoms with Gasteiger partial charge in [0.1, 0.15) is 11.5 Å². The van der Waals surface area contributed by atoms with Crippen LogP contribution in [0.3, 0.4) is 0 Å². The second kappa shape index (κ2) is 8.78. The van der Waals surface area contributed by atoms with Crippen LogP contribution in [0.15, 0.2) is 41.1 Å². The Morgan fingerprint density at radius 3 is 2.92 bits per heavy atom. The lowest BCUT2D eigenvalue weighted by Gasteiger charge is -2.32. The molecule has 0 saturated carbocycles. The molecule has 6 nitrogen and oxygen atoms in total. The Bertz CT molecular complexity index is 671. The Morgan fingerprint density at radius 2 is 2.12 bits per heavy atom. The first-order chi connectivity index (χ1) is 12.2. The van der Waals surface area contributed by atoms with Crippen LogP contribution >= 0.6 is 0 Å². The van der Waals surface area contributed by atoms with E-state index in [4.69, 9.17) is 4.42 Å². The Kier molecular flexibility index (Phi) is 6.19. The van der Waals surface area contributed by atoms with Gasteiger partial charge in [-0.05, 0) is 36.2 Å². The van der Waals surface area contributed by atoms with E-state index in [1.54, 1.807) is 12.4 Å². The minimum Gasteiger partial charge on any atom is -0.465 e. The van der Waals surface area contributed by atoms with Gasteiger partial charge in [0.05, 0.1) is 12.6 Å². The van der Waals surface area contributed by atoms with E-state index < -0.39 is 0 Å². The molecular weight excluding hydrogens is 316 g/mol. The van der Waals surface area contributed by atoms with E-state index in [-0.39, 0.29) is 11.9 Å². The van der Waals surface area contributed by atoms with E-state index in [0.717, 1.165) is 49.6 Å². The zero-order chi connectivity index (χ0) is 17.5. The van der Waals surface area contributed by atoms with E-state index in [0.29, 0.717) is 13.1 Å². The fraction of sp³-hybridized carbons (Fsp3) is 0.474. The van der Waals surface area contributed by atoms with Crippen LogP contribution in [0.25, 0.3) is 0 Å². The largest absolute Gasteiger partial charge is 0.465 e. The van der Waals surface area contributed by atoms with Crippen LogP contribution in [0.2, 0.25) is 0 Å². The number of rotatable bonds is 7. The highest BCUT2D eigenvalue weighted by Gasteiger charge is 2.25. The van der Waals surface area contributed by atoms with Crippen LogP contribution in [0.4, 0.5) is 0 Å². The van der Waals surface area contributed by atoms with Crippen molar-refractivity contribution in [3.8, 4) is 0 Å². The molecule has 2 aromatic heterocycles. The van der Waals surface area contributed by atoms with Gasteiger partial charge in [0, 0.05) is 45.0 Å². The van der Waals surface area contributed by atoms with Gasteiger partial charge in [0.25, 0.3) is 0 Å². The van der Waals surface area contributed by atoms with Crippen molar-refractivity contribution in [1.29, 1.82) is 0 Å². The molecule has 3 heterocycles. The number of piperazine rings is 1. The van der Waals surface area contributed by atoms with Crippen LogP contribution in [0.5, 0.6) is 0 Å². The SMILES string of the molecule is CCCc1ccc(CN2CCN[C@@H](C(=O)NCc3ccncc3)C2)o1. The predicted molar refractivity (Wildman–Crippen MR) is 95.9 cm³/mol. The maximum atomic E-state index is 12.4. The molecule has 0 radical (unpaired) electrons. The normalized spacial score (nSPS) is 18.2. The van der Waals surface area contributed by atoms with Crippen LogP contribution in [-0.2, 0) is 24.3 Å². The average molecular weight is 342 g/mol. The Hall–Kier alpha value is -2.18. The second-order valence-electron chi connectivity index (χ2n) is 6.43. The molecule has 1 atom stereocenters. The first-order valence-electron chi connectivity index (χ1n) is 8.94. The van der Waals surface area contributed by atoms with Crippen molar-refractivity contribution < 1.29 is 9.21 Å². The van der Waals surface area contributed by atoms with Crippen molar-refractivity contribution in [2.75, 3.05) is 19.6 Å². The fourth-order valence-corrected chi connectivity index (χ4v) is 3.05. The summed E-state index contributed by atoms with van der Waals surface area (Å²) < 4.78 is 5.86. The first kappa shape index (κ1) is 17.6. The third-order valence-electron chi connectivity index (χ3n) is 4.39. The number of aryl methyl sites for hydroxylation is 1. The zero-order valence-corrected chi connectivity index (χ0v) is 14.7. The van der Waals surface area contributed by atoms with Gasteiger partial charge in [-0.2, -0.15) is 0 Å². The average Bonchev–Trinajstić information content (AvgIpc) is 3.08. The van der Waals surface area contributed by atoms with Crippen molar-refractivity contribution in [1.82, 2.24) is 20.5 Å². The van der Waals surface area contributed by atoms with E-state index >= 15 is 0 Å². The lowest BCUT2D eigenvalue weighted by molar-refractivity contribution is -0.124. The standard InChI is InChI=1S/C19H26N4O2/c1-2-3-16-4-5-17(25-16)13-23-11-10-21-18(14-23)19(24)22-12-15-6-8-20-9-7-15/h4-9,18,21H,2-3,10-14H2,1H3,(H,22,24)/t18-/m1/s1. The molecule has 0 spiro atoms. The molecule has 1 fully saturated rings. The number of carbonyl (C=O) groups excluding carboxylic acids is 1. The molecule has 1 aliphatic heterocycles. The smallest absolute Gasteiger partial charge is 0.238 e. The summed E-state index contributed by atoms with van der Waals surface area (Å²) in [5.74, 6) is 2.05. The van der Waals surface area contributed by atoms with Gasteiger partial charge in [-0.1, -0.05) is 6.92 Å². The van der Waals surface area contributed by atoms with Crippen molar-refractivity contribution >= 4 is 5.91 Å². The monoisotopic (exact) mass is 342 g/mol. The topological polar surface area (TPSA) is 70.4 Å². The molecule has 0 bridgehead atoms. The fourth-order valence-electron chi connectivity index (χ4n) is 3.05. The molecule has 2 N–H and O–H groups in total. The summed E-state index contributed by atoms with van der Waals surface area (Å²) in [5, 5.41) is 6.29. The minimum atomic E-state index is -0.194. The quantitative estimate of drug-likeness (QED) is 0.802. The van der Waals surface area contributed by atoms with E-state index in [1.165, 1.54) is 0 Å². The van der Waals surface area contributed by atoms with E-state index in [9.17, 15) is 4.79 Å². The van der Waals surface area contributed by atoms with Crippen molar-refractivity contribution in [3.05, 3.63) is 53.7 Å². The summed E-state index contributed by atoms with van der Waals surface area (Å²) >= 11 is 0. The number of furan rings is 1. The Balaban J connectivity index is 1.49. The third kappa shape index (κ3) is 5.14. The lowest BCUT2D eigenvalue weighted by atomic mass is 10.2. The van der Waals surface area contributed by atoms with Gasteiger partial charge in [-0.15, -0.1) is 0 Å². The number of hydrogen-bond acceptors (Lipinski definition) is 5. The second-order valence-corrected chi connectivity index (χ2v) is 6.43. The maximum absolute atomic E-state index is 12.4. The van der Waals surface area contributed by atoms with Gasteiger partial charge in [-0.25, -0.2) is 0 Å². The Labute approximate surface area is 148 Å². The molecule has 6 heteroatoms. The highest BCUT2D eigenvalue weighted by Crippen LogP contribution is 2.13. The van der Waals surface area contributed by atoms with Gasteiger partial charge in [-0.3, -0.25) is 14.7 Å². The van der Waals surface area contributed by atoms with Gasteiger partial charge in [0.15, 0.2) is 0 Å². The van der Waals surface area contributed by atoms with Crippen LogP contribution in [0.1, 0.15) is 30.4 Å². The highest BCUT2D eigenvalue weighted by atomic mass is 16.3. The maximum Gasteiger partial charge on any atom is 0.238 e. The molecule has 1 aliphatic rings. The molecule has 2 aromatic rings. The number of pyridine rings is 1. The molecule has 3 rings (SSSR count). The summed E-state index contributed by atoms with van der Waals surface area (Å²) in [7, 11) is 0.